The minimum absolute atomic E-state index is 0.167. The number of nitrogens with zero attached hydrogens (tertiary/aromatic N) is 2. The Balaban J connectivity index is 1.38. The zero-order chi connectivity index (χ0) is 23.0. The molecule has 0 saturated carbocycles. The summed E-state index contributed by atoms with van der Waals surface area (Å²) in [6.45, 7) is 4.35. The number of hydrogen-bond donors (Lipinski definition) is 3. The predicted molar refractivity (Wildman–Crippen MR) is 126 cm³/mol. The number of morpholine rings is 1. The maximum atomic E-state index is 9.84. The molecule has 7 heteroatoms. The van der Waals surface area contributed by atoms with Gasteiger partial charge in [-0.15, -0.1) is 0 Å². The van der Waals surface area contributed by atoms with E-state index in [2.05, 4.69) is 22.1 Å². The molecular weight excluding hydrogens is 418 g/mol. The van der Waals surface area contributed by atoms with Crippen molar-refractivity contribution in [1.29, 1.82) is 0 Å². The third-order valence-corrected chi connectivity index (χ3v) is 5.49. The van der Waals surface area contributed by atoms with Gasteiger partial charge in [0.05, 0.1) is 25.9 Å². The second kappa shape index (κ2) is 11.1. The largest absolute Gasteiger partial charge is 0.492 e. The quantitative estimate of drug-likeness (QED) is 0.483. The van der Waals surface area contributed by atoms with Crippen molar-refractivity contribution >= 4 is 0 Å². The number of hydrogen-bond acceptors (Lipinski definition) is 6. The lowest BCUT2D eigenvalue weighted by molar-refractivity contribution is 0.0593. The Kier molecular flexibility index (Phi) is 7.76. The van der Waals surface area contributed by atoms with Crippen molar-refractivity contribution in [2.45, 2.75) is 25.1 Å². The van der Waals surface area contributed by atoms with E-state index in [9.17, 15) is 10.2 Å². The highest BCUT2D eigenvalue weighted by Gasteiger charge is 2.15. The van der Waals surface area contributed by atoms with Gasteiger partial charge in [0.25, 0.3) is 0 Å². The molecule has 0 spiro atoms. The smallest absolute Gasteiger partial charge is 0.138 e. The van der Waals surface area contributed by atoms with Crippen LogP contribution >= 0.6 is 0 Å². The molecule has 33 heavy (non-hydrogen) atoms. The molecule has 1 saturated heterocycles. The van der Waals surface area contributed by atoms with E-state index in [-0.39, 0.29) is 12.6 Å². The molecule has 0 unspecified atom stereocenters. The second-order valence-corrected chi connectivity index (χ2v) is 7.98. The molecule has 7 nitrogen and oxygen atoms in total. The molecule has 172 valence electrons. The molecule has 0 amide bonds. The van der Waals surface area contributed by atoms with Crippen LogP contribution in [0, 0.1) is 11.8 Å². The van der Waals surface area contributed by atoms with Gasteiger partial charge in [-0.1, -0.05) is 36.1 Å². The number of rotatable bonds is 7. The molecule has 0 bridgehead atoms. The Hall–Kier alpha value is -3.15. The van der Waals surface area contributed by atoms with Crippen LogP contribution in [0.5, 0.6) is 5.75 Å². The van der Waals surface area contributed by atoms with Crippen molar-refractivity contribution in [3.8, 4) is 28.7 Å². The van der Waals surface area contributed by atoms with Crippen molar-refractivity contribution < 1.29 is 19.7 Å². The molecule has 0 aliphatic carbocycles. The Morgan fingerprint density at radius 3 is 2.55 bits per heavy atom. The summed E-state index contributed by atoms with van der Waals surface area (Å²) in [4.78, 5) is 4.14. The standard InChI is InChI=1S/C26H29N3O4/c1-19(31)26-28-12-14-29(26)24(16-30)9-4-20-2-5-21(6-3-20)22-7-10-25(11-8-22)33-18-23-17-32-15-13-27-23/h2-3,5-8,10-12,14,19,23-24,27,30-31H,13,15-18H2,1H3/t19-,23-,24-/m0/s1. The monoisotopic (exact) mass is 447 g/mol. The zero-order valence-electron chi connectivity index (χ0n) is 18.6. The zero-order valence-corrected chi connectivity index (χ0v) is 18.6. The van der Waals surface area contributed by atoms with Gasteiger partial charge in [-0.25, -0.2) is 4.98 Å². The Labute approximate surface area is 194 Å². The normalized spacial score (nSPS) is 17.6. The van der Waals surface area contributed by atoms with E-state index < -0.39 is 12.1 Å². The fraction of sp³-hybridized carbons (Fsp3) is 0.346. The van der Waals surface area contributed by atoms with Gasteiger partial charge in [-0.2, -0.15) is 0 Å². The molecule has 4 rings (SSSR count). The number of aliphatic hydroxyl groups is 2. The summed E-state index contributed by atoms with van der Waals surface area (Å²) >= 11 is 0. The van der Waals surface area contributed by atoms with E-state index in [1.54, 1.807) is 23.9 Å². The fourth-order valence-electron chi connectivity index (χ4n) is 3.69. The van der Waals surface area contributed by atoms with Crippen molar-refractivity contribution in [3.63, 3.8) is 0 Å². The van der Waals surface area contributed by atoms with Gasteiger partial charge in [0.1, 0.15) is 30.3 Å². The van der Waals surface area contributed by atoms with E-state index in [1.807, 2.05) is 48.5 Å². The molecular formula is C26H29N3O4. The summed E-state index contributed by atoms with van der Waals surface area (Å²) in [6, 6.07) is 15.7. The lowest BCUT2D eigenvalue weighted by Gasteiger charge is -2.23. The van der Waals surface area contributed by atoms with Gasteiger partial charge < -0.3 is 29.6 Å². The topological polar surface area (TPSA) is 88.8 Å². The molecule has 1 aliphatic rings. The Morgan fingerprint density at radius 1 is 1.18 bits per heavy atom. The maximum Gasteiger partial charge on any atom is 0.138 e. The van der Waals surface area contributed by atoms with E-state index in [4.69, 9.17) is 9.47 Å². The predicted octanol–water partition coefficient (Wildman–Crippen LogP) is 2.56. The van der Waals surface area contributed by atoms with Crippen LogP contribution in [-0.2, 0) is 4.74 Å². The number of ether oxygens (including phenoxy) is 2. The van der Waals surface area contributed by atoms with E-state index >= 15 is 0 Å². The van der Waals surface area contributed by atoms with E-state index in [0.29, 0.717) is 19.0 Å². The fourth-order valence-corrected chi connectivity index (χ4v) is 3.69. The molecule has 3 aromatic rings. The molecule has 0 radical (unpaired) electrons. The highest BCUT2D eigenvalue weighted by Crippen LogP contribution is 2.23. The molecule has 3 N–H and O–H groups in total. The summed E-state index contributed by atoms with van der Waals surface area (Å²) in [6.07, 6.45) is 2.58. The van der Waals surface area contributed by atoms with Crippen LogP contribution in [0.1, 0.15) is 30.5 Å². The summed E-state index contributed by atoms with van der Waals surface area (Å²) in [5.74, 6) is 7.50. The molecule has 1 fully saturated rings. The van der Waals surface area contributed by atoms with Crippen molar-refractivity contribution in [3.05, 3.63) is 72.3 Å². The number of aliphatic hydroxyl groups excluding tert-OH is 2. The Morgan fingerprint density at radius 2 is 1.91 bits per heavy atom. The minimum atomic E-state index is -0.732. The third-order valence-electron chi connectivity index (χ3n) is 5.49. The van der Waals surface area contributed by atoms with Crippen LogP contribution in [-0.4, -0.2) is 58.8 Å². The molecule has 1 aromatic heterocycles. The highest BCUT2D eigenvalue weighted by atomic mass is 16.5. The van der Waals surface area contributed by atoms with Gasteiger partial charge in [-0.3, -0.25) is 0 Å². The van der Waals surface area contributed by atoms with Crippen LogP contribution in [0.15, 0.2) is 60.9 Å². The van der Waals surface area contributed by atoms with Crippen LogP contribution in [0.4, 0.5) is 0 Å². The molecule has 3 atom stereocenters. The number of imidazole rings is 1. The SMILES string of the molecule is C[C@H](O)c1nccn1[C@@H](C#Cc1ccc(-c2ccc(OC[C@@H]3COCCN3)cc2)cc1)CO. The first-order chi connectivity index (χ1) is 16.1. The van der Waals surface area contributed by atoms with Crippen molar-refractivity contribution in [2.24, 2.45) is 0 Å². The highest BCUT2D eigenvalue weighted by molar-refractivity contribution is 5.65. The van der Waals surface area contributed by atoms with E-state index in [1.165, 1.54) is 0 Å². The average Bonchev–Trinajstić information content (AvgIpc) is 3.35. The van der Waals surface area contributed by atoms with Crippen molar-refractivity contribution in [2.75, 3.05) is 33.0 Å². The van der Waals surface area contributed by atoms with Gasteiger partial charge in [0.2, 0.25) is 0 Å². The van der Waals surface area contributed by atoms with Crippen LogP contribution in [0.3, 0.4) is 0 Å². The van der Waals surface area contributed by atoms with Gasteiger partial charge >= 0.3 is 0 Å². The first kappa shape index (κ1) is 23.0. The summed E-state index contributed by atoms with van der Waals surface area (Å²) < 4.78 is 13.0. The summed E-state index contributed by atoms with van der Waals surface area (Å²) in [7, 11) is 0. The second-order valence-electron chi connectivity index (χ2n) is 7.98. The van der Waals surface area contributed by atoms with Crippen LogP contribution in [0.2, 0.25) is 0 Å². The first-order valence-corrected chi connectivity index (χ1v) is 11.1. The molecule has 2 heterocycles. The van der Waals surface area contributed by atoms with Crippen molar-refractivity contribution in [1.82, 2.24) is 14.9 Å². The minimum Gasteiger partial charge on any atom is -0.492 e. The Bertz CT molecular complexity index is 1080. The lowest BCUT2D eigenvalue weighted by Crippen LogP contribution is -2.44. The number of aromatic nitrogens is 2. The van der Waals surface area contributed by atoms with Gasteiger partial charge in [0.15, 0.2) is 0 Å². The third kappa shape index (κ3) is 6.01. The number of nitrogens with one attached hydrogen (secondary N) is 1. The van der Waals surface area contributed by atoms with Gasteiger partial charge in [0, 0.05) is 24.5 Å². The maximum absolute atomic E-state index is 9.84. The lowest BCUT2D eigenvalue weighted by atomic mass is 10.0. The van der Waals surface area contributed by atoms with Crippen LogP contribution < -0.4 is 10.1 Å². The van der Waals surface area contributed by atoms with Crippen LogP contribution in [0.25, 0.3) is 11.1 Å². The average molecular weight is 448 g/mol. The first-order valence-electron chi connectivity index (χ1n) is 11.1. The van der Waals surface area contributed by atoms with E-state index in [0.717, 1.165) is 35.6 Å². The molecule has 2 aromatic carbocycles. The number of benzene rings is 2. The summed E-state index contributed by atoms with van der Waals surface area (Å²) in [5, 5.41) is 23.0. The molecule has 1 aliphatic heterocycles. The van der Waals surface area contributed by atoms with Gasteiger partial charge in [-0.05, 0) is 42.3 Å². The summed E-state index contributed by atoms with van der Waals surface area (Å²) in [5.41, 5.74) is 3.02.